The number of aryl methyl sites for hydroxylation is 1. The predicted molar refractivity (Wildman–Crippen MR) is 137 cm³/mol. The minimum Gasteiger partial charge on any atom is -0.478 e. The molecule has 0 unspecified atom stereocenters. The van der Waals surface area contributed by atoms with Crippen LogP contribution in [0.25, 0.3) is 5.69 Å². The van der Waals surface area contributed by atoms with Crippen molar-refractivity contribution in [2.24, 2.45) is 0 Å². The molecule has 1 aliphatic heterocycles. The number of carboxylic acids is 1. The highest BCUT2D eigenvalue weighted by molar-refractivity contribution is 7.80. The van der Waals surface area contributed by atoms with Gasteiger partial charge in [0.25, 0.3) is 0 Å². The van der Waals surface area contributed by atoms with E-state index in [0.29, 0.717) is 11.7 Å². The second kappa shape index (κ2) is 9.31. The molecule has 2 N–H and O–H groups in total. The topological polar surface area (TPSA) is 83.3 Å². The first kappa shape index (κ1) is 22.7. The van der Waals surface area contributed by atoms with Crippen LogP contribution in [0.4, 0.5) is 0 Å². The van der Waals surface area contributed by atoms with Gasteiger partial charge in [-0.1, -0.05) is 18.2 Å². The smallest absolute Gasteiger partial charge is 0.335 e. The van der Waals surface area contributed by atoms with Gasteiger partial charge in [0.05, 0.1) is 35.6 Å². The lowest BCUT2D eigenvalue weighted by Gasteiger charge is -2.28. The number of aromatic carboxylic acids is 1. The number of hydrogen-bond donors (Lipinski definition) is 2. The average Bonchev–Trinajstić information content (AvgIpc) is 3.35. The Morgan fingerprint density at radius 1 is 1.03 bits per heavy atom. The summed E-state index contributed by atoms with van der Waals surface area (Å²) in [7, 11) is 0. The van der Waals surface area contributed by atoms with Crippen LogP contribution >= 0.6 is 12.2 Å². The molecule has 0 bridgehead atoms. The van der Waals surface area contributed by atoms with Crippen molar-refractivity contribution in [2.75, 3.05) is 0 Å². The zero-order valence-corrected chi connectivity index (χ0v) is 20.2. The summed E-state index contributed by atoms with van der Waals surface area (Å²) in [5.41, 5.74) is 6.02. The third kappa shape index (κ3) is 4.28. The van der Waals surface area contributed by atoms with Crippen molar-refractivity contribution < 1.29 is 9.90 Å². The van der Waals surface area contributed by atoms with Gasteiger partial charge >= 0.3 is 5.97 Å². The number of rotatable bonds is 6. The van der Waals surface area contributed by atoms with Crippen LogP contribution in [0.5, 0.6) is 0 Å². The van der Waals surface area contributed by atoms with E-state index >= 15 is 0 Å². The molecule has 3 aromatic heterocycles. The Bertz CT molecular complexity index is 1390. The minimum atomic E-state index is -0.948. The fourth-order valence-electron chi connectivity index (χ4n) is 4.84. The van der Waals surface area contributed by atoms with Crippen molar-refractivity contribution in [1.29, 1.82) is 0 Å². The average molecular weight is 484 g/mol. The molecule has 7 nitrogen and oxygen atoms in total. The fourth-order valence-corrected chi connectivity index (χ4v) is 5.15. The van der Waals surface area contributed by atoms with Crippen molar-refractivity contribution >= 4 is 23.3 Å². The molecule has 0 aliphatic carbocycles. The number of carboxylic acid groups (broad SMARTS) is 1. The number of nitrogens with zero attached hydrogens (tertiary/aromatic N) is 4. The van der Waals surface area contributed by atoms with Gasteiger partial charge in [-0.2, -0.15) is 0 Å². The third-order valence-electron chi connectivity index (χ3n) is 6.40. The Morgan fingerprint density at radius 3 is 2.49 bits per heavy atom. The van der Waals surface area contributed by atoms with E-state index in [2.05, 4.69) is 37.7 Å². The maximum atomic E-state index is 11.6. The first-order valence-electron chi connectivity index (χ1n) is 11.3. The number of pyridine rings is 2. The third-order valence-corrected chi connectivity index (χ3v) is 6.75. The van der Waals surface area contributed by atoms with Gasteiger partial charge < -0.3 is 19.9 Å². The van der Waals surface area contributed by atoms with E-state index in [1.54, 1.807) is 30.6 Å². The summed E-state index contributed by atoms with van der Waals surface area (Å²) in [6.07, 6.45) is 3.58. The maximum Gasteiger partial charge on any atom is 0.335 e. The zero-order chi connectivity index (χ0) is 24.5. The first-order valence-corrected chi connectivity index (χ1v) is 11.8. The van der Waals surface area contributed by atoms with E-state index < -0.39 is 5.97 Å². The Kier molecular flexibility index (Phi) is 6.05. The molecule has 5 rings (SSSR count). The molecule has 0 spiro atoms. The molecule has 4 aromatic rings. The molecule has 1 fully saturated rings. The second-order valence-corrected chi connectivity index (χ2v) is 8.98. The highest BCUT2D eigenvalue weighted by atomic mass is 32.1. The molecule has 1 saturated heterocycles. The van der Waals surface area contributed by atoms with E-state index in [1.807, 2.05) is 49.4 Å². The van der Waals surface area contributed by atoms with Crippen LogP contribution in [0.3, 0.4) is 0 Å². The minimum absolute atomic E-state index is 0.123. The van der Waals surface area contributed by atoms with Crippen molar-refractivity contribution in [3.05, 3.63) is 113 Å². The van der Waals surface area contributed by atoms with Gasteiger partial charge in [-0.05, 0) is 80.2 Å². The van der Waals surface area contributed by atoms with Gasteiger partial charge in [0, 0.05) is 29.5 Å². The van der Waals surface area contributed by atoms with E-state index in [-0.39, 0.29) is 17.6 Å². The molecular weight excluding hydrogens is 458 g/mol. The molecule has 8 heteroatoms. The Morgan fingerprint density at radius 2 is 1.80 bits per heavy atom. The first-order chi connectivity index (χ1) is 16.9. The van der Waals surface area contributed by atoms with E-state index in [1.165, 1.54) is 0 Å². The van der Waals surface area contributed by atoms with Crippen LogP contribution in [0.2, 0.25) is 0 Å². The van der Waals surface area contributed by atoms with Crippen molar-refractivity contribution in [3.63, 3.8) is 0 Å². The summed E-state index contributed by atoms with van der Waals surface area (Å²) in [4.78, 5) is 22.9. The van der Waals surface area contributed by atoms with Gasteiger partial charge in [-0.15, -0.1) is 0 Å². The number of carbonyl (C=O) groups is 1. The van der Waals surface area contributed by atoms with E-state index in [9.17, 15) is 9.90 Å². The van der Waals surface area contributed by atoms with Crippen LogP contribution in [0.1, 0.15) is 50.8 Å². The van der Waals surface area contributed by atoms with Gasteiger partial charge in [0.2, 0.25) is 0 Å². The summed E-state index contributed by atoms with van der Waals surface area (Å²) in [5.74, 6) is -0.948. The predicted octanol–water partition coefficient (Wildman–Crippen LogP) is 4.76. The molecule has 4 heterocycles. The van der Waals surface area contributed by atoms with Gasteiger partial charge in [-0.25, -0.2) is 4.79 Å². The fraction of sp³-hybridized carbons (Fsp3) is 0.185. The molecule has 2 atom stereocenters. The summed E-state index contributed by atoms with van der Waals surface area (Å²) >= 11 is 5.80. The van der Waals surface area contributed by atoms with Gasteiger partial charge in [0.1, 0.15) is 0 Å². The number of hydrogen-bond acceptors (Lipinski definition) is 4. The standard InChI is InChI=1S/C27H25N5O2S/c1-17-14-22(18(2)32(17)21-10-7-8-19(15-21)26(33)34)25-24(23-11-4-6-13-29-23)30-27(35)31(25)16-20-9-3-5-12-28-20/h3-15,24-25H,16H2,1-2H3,(H,30,35)(H,33,34)/t24-,25+/m1/s1. The maximum absolute atomic E-state index is 11.6. The van der Waals surface area contributed by atoms with Crippen LogP contribution < -0.4 is 5.32 Å². The Hall–Kier alpha value is -4.04. The molecule has 1 aromatic carbocycles. The largest absolute Gasteiger partial charge is 0.478 e. The molecule has 1 aliphatic rings. The van der Waals surface area contributed by atoms with Crippen molar-refractivity contribution in [3.8, 4) is 5.69 Å². The highest BCUT2D eigenvalue weighted by Crippen LogP contribution is 2.42. The van der Waals surface area contributed by atoms with Crippen LogP contribution in [0, 0.1) is 13.8 Å². The number of nitrogens with one attached hydrogen (secondary N) is 1. The lowest BCUT2D eigenvalue weighted by Crippen LogP contribution is -2.29. The summed E-state index contributed by atoms with van der Waals surface area (Å²) in [5, 5.41) is 13.6. The molecule has 0 saturated carbocycles. The van der Waals surface area contributed by atoms with Crippen LogP contribution in [-0.2, 0) is 6.54 Å². The number of thiocarbonyl (C=S) groups is 1. The quantitative estimate of drug-likeness (QED) is 0.383. The lowest BCUT2D eigenvalue weighted by atomic mass is 9.96. The van der Waals surface area contributed by atoms with Crippen LogP contribution in [-0.4, -0.2) is 35.6 Å². The lowest BCUT2D eigenvalue weighted by molar-refractivity contribution is 0.0697. The molecule has 35 heavy (non-hydrogen) atoms. The van der Waals surface area contributed by atoms with Gasteiger partial charge in [0.15, 0.2) is 5.11 Å². The Labute approximate surface area is 209 Å². The number of aromatic nitrogens is 3. The van der Waals surface area contributed by atoms with E-state index in [4.69, 9.17) is 12.2 Å². The van der Waals surface area contributed by atoms with Crippen molar-refractivity contribution in [2.45, 2.75) is 32.5 Å². The zero-order valence-electron chi connectivity index (χ0n) is 19.4. The molecule has 0 amide bonds. The highest BCUT2D eigenvalue weighted by Gasteiger charge is 2.41. The second-order valence-electron chi connectivity index (χ2n) is 8.59. The van der Waals surface area contributed by atoms with Gasteiger partial charge in [-0.3, -0.25) is 9.97 Å². The molecule has 0 radical (unpaired) electrons. The molecular formula is C27H25N5O2S. The summed E-state index contributed by atoms with van der Waals surface area (Å²) < 4.78 is 2.09. The SMILES string of the molecule is Cc1cc([C@H]2[C@@H](c3ccccn3)NC(=S)N2Cc2ccccn2)c(C)n1-c1cccc(C(=O)O)c1. The normalized spacial score (nSPS) is 17.4. The molecule has 176 valence electrons. The van der Waals surface area contributed by atoms with Crippen molar-refractivity contribution in [1.82, 2.24) is 24.8 Å². The summed E-state index contributed by atoms with van der Waals surface area (Å²) in [6, 6.07) is 20.6. The Balaban J connectivity index is 1.62. The summed E-state index contributed by atoms with van der Waals surface area (Å²) in [6.45, 7) is 4.65. The monoisotopic (exact) mass is 483 g/mol. The van der Waals surface area contributed by atoms with E-state index in [0.717, 1.165) is 34.0 Å². The van der Waals surface area contributed by atoms with Crippen LogP contribution in [0.15, 0.2) is 79.1 Å². The number of benzene rings is 1.